The monoisotopic (exact) mass is 250 g/mol. The number of likely N-dealkylation sites (N-methyl/N-ethyl adjacent to an activating group) is 1. The summed E-state index contributed by atoms with van der Waals surface area (Å²) in [5.74, 6) is 0.888. The molecule has 0 saturated carbocycles. The Labute approximate surface area is 111 Å². The maximum absolute atomic E-state index is 5.94. The molecule has 0 amide bonds. The van der Waals surface area contributed by atoms with Crippen molar-refractivity contribution in [3.05, 3.63) is 29.8 Å². The van der Waals surface area contributed by atoms with E-state index in [4.69, 9.17) is 10.5 Å². The SMILES string of the molecule is CCCC(C)N(C)C(CN)c1ccc(OC)cc1. The fourth-order valence-corrected chi connectivity index (χ4v) is 2.29. The highest BCUT2D eigenvalue weighted by Crippen LogP contribution is 2.23. The molecular formula is C15H26N2O. The Balaban J connectivity index is 2.80. The van der Waals surface area contributed by atoms with E-state index >= 15 is 0 Å². The Morgan fingerprint density at radius 2 is 1.89 bits per heavy atom. The van der Waals surface area contributed by atoms with E-state index in [0.717, 1.165) is 5.75 Å². The van der Waals surface area contributed by atoms with Crippen molar-refractivity contribution in [2.75, 3.05) is 20.7 Å². The van der Waals surface area contributed by atoms with Gasteiger partial charge in [-0.2, -0.15) is 0 Å². The second-order valence-corrected chi connectivity index (χ2v) is 4.83. The lowest BCUT2D eigenvalue weighted by molar-refractivity contribution is 0.179. The van der Waals surface area contributed by atoms with E-state index < -0.39 is 0 Å². The zero-order valence-corrected chi connectivity index (χ0v) is 12.0. The first-order valence-electron chi connectivity index (χ1n) is 6.70. The van der Waals surface area contributed by atoms with Gasteiger partial charge in [0.2, 0.25) is 0 Å². The minimum absolute atomic E-state index is 0.275. The predicted molar refractivity (Wildman–Crippen MR) is 76.9 cm³/mol. The van der Waals surface area contributed by atoms with Crippen LogP contribution >= 0.6 is 0 Å². The first-order valence-corrected chi connectivity index (χ1v) is 6.70. The van der Waals surface area contributed by atoms with Crippen molar-refractivity contribution >= 4 is 0 Å². The quantitative estimate of drug-likeness (QED) is 0.808. The van der Waals surface area contributed by atoms with Crippen molar-refractivity contribution in [2.45, 2.75) is 38.8 Å². The maximum atomic E-state index is 5.94. The summed E-state index contributed by atoms with van der Waals surface area (Å²) in [6, 6.07) is 9.02. The van der Waals surface area contributed by atoms with Crippen molar-refractivity contribution in [1.82, 2.24) is 4.90 Å². The van der Waals surface area contributed by atoms with E-state index in [0.29, 0.717) is 12.6 Å². The number of ether oxygens (including phenoxy) is 1. The van der Waals surface area contributed by atoms with E-state index in [1.807, 2.05) is 12.1 Å². The number of hydrogen-bond donors (Lipinski definition) is 1. The number of methoxy groups -OCH3 is 1. The number of nitrogens with two attached hydrogens (primary N) is 1. The second kappa shape index (κ2) is 7.39. The van der Waals surface area contributed by atoms with Gasteiger partial charge in [0.1, 0.15) is 5.75 Å². The second-order valence-electron chi connectivity index (χ2n) is 4.83. The van der Waals surface area contributed by atoms with Gasteiger partial charge in [0.05, 0.1) is 7.11 Å². The average Bonchev–Trinajstić information content (AvgIpc) is 2.40. The lowest BCUT2D eigenvalue weighted by Crippen LogP contribution is -2.36. The highest BCUT2D eigenvalue weighted by atomic mass is 16.5. The van der Waals surface area contributed by atoms with E-state index in [1.54, 1.807) is 7.11 Å². The summed E-state index contributed by atoms with van der Waals surface area (Å²) in [7, 11) is 3.84. The Hall–Kier alpha value is -1.06. The number of nitrogens with zero attached hydrogens (tertiary/aromatic N) is 1. The van der Waals surface area contributed by atoms with E-state index in [9.17, 15) is 0 Å². The summed E-state index contributed by atoms with van der Waals surface area (Å²) in [4.78, 5) is 2.37. The molecule has 2 unspecified atom stereocenters. The lowest BCUT2D eigenvalue weighted by Gasteiger charge is -2.32. The van der Waals surface area contributed by atoms with Crippen LogP contribution < -0.4 is 10.5 Å². The van der Waals surface area contributed by atoms with Gasteiger partial charge in [-0.3, -0.25) is 4.90 Å². The molecule has 0 radical (unpaired) electrons. The number of benzene rings is 1. The molecule has 0 fully saturated rings. The van der Waals surface area contributed by atoms with Gasteiger partial charge in [-0.1, -0.05) is 25.5 Å². The van der Waals surface area contributed by atoms with Gasteiger partial charge in [-0.05, 0) is 38.1 Å². The standard InChI is InChI=1S/C15H26N2O/c1-5-6-12(2)17(3)15(11-16)13-7-9-14(18-4)10-8-13/h7-10,12,15H,5-6,11,16H2,1-4H3. The molecule has 2 atom stereocenters. The van der Waals surface area contributed by atoms with Crippen molar-refractivity contribution in [3.8, 4) is 5.75 Å². The molecule has 1 aromatic rings. The number of rotatable bonds is 7. The fraction of sp³-hybridized carbons (Fsp3) is 0.600. The smallest absolute Gasteiger partial charge is 0.118 e. The van der Waals surface area contributed by atoms with Crippen LogP contribution in [0.5, 0.6) is 5.75 Å². The van der Waals surface area contributed by atoms with Crippen molar-refractivity contribution in [3.63, 3.8) is 0 Å². The summed E-state index contributed by atoms with van der Waals surface area (Å²) in [6.07, 6.45) is 2.40. The van der Waals surface area contributed by atoms with Gasteiger partial charge in [0.25, 0.3) is 0 Å². The van der Waals surface area contributed by atoms with Gasteiger partial charge in [-0.25, -0.2) is 0 Å². The summed E-state index contributed by atoms with van der Waals surface area (Å²) in [5.41, 5.74) is 7.19. The summed E-state index contributed by atoms with van der Waals surface area (Å²) >= 11 is 0. The molecule has 0 saturated heterocycles. The Morgan fingerprint density at radius 1 is 1.28 bits per heavy atom. The lowest BCUT2D eigenvalue weighted by atomic mass is 10.0. The Bertz CT molecular complexity index is 337. The van der Waals surface area contributed by atoms with E-state index in [1.165, 1.54) is 18.4 Å². The average molecular weight is 250 g/mol. The topological polar surface area (TPSA) is 38.5 Å². The summed E-state index contributed by atoms with van der Waals surface area (Å²) in [6.45, 7) is 5.11. The minimum atomic E-state index is 0.275. The molecule has 0 aliphatic rings. The molecule has 18 heavy (non-hydrogen) atoms. The van der Waals surface area contributed by atoms with Crippen molar-refractivity contribution in [1.29, 1.82) is 0 Å². The van der Waals surface area contributed by atoms with Crippen LogP contribution in [0.25, 0.3) is 0 Å². The van der Waals surface area contributed by atoms with Gasteiger partial charge >= 0.3 is 0 Å². The van der Waals surface area contributed by atoms with Crippen molar-refractivity contribution < 1.29 is 4.74 Å². The van der Waals surface area contributed by atoms with Crippen LogP contribution in [0.3, 0.4) is 0 Å². The van der Waals surface area contributed by atoms with E-state index in [-0.39, 0.29) is 6.04 Å². The van der Waals surface area contributed by atoms with Crippen LogP contribution in [0.1, 0.15) is 38.3 Å². The van der Waals surface area contributed by atoms with Crippen LogP contribution in [0.15, 0.2) is 24.3 Å². The molecule has 1 aromatic carbocycles. The molecule has 1 rings (SSSR count). The van der Waals surface area contributed by atoms with Gasteiger partial charge in [-0.15, -0.1) is 0 Å². The van der Waals surface area contributed by atoms with Gasteiger partial charge < -0.3 is 10.5 Å². The Kier molecular flexibility index (Phi) is 6.16. The van der Waals surface area contributed by atoms with E-state index in [2.05, 4.69) is 37.9 Å². The molecule has 3 nitrogen and oxygen atoms in total. The molecule has 0 aliphatic heterocycles. The summed E-state index contributed by atoms with van der Waals surface area (Å²) < 4.78 is 5.18. The number of hydrogen-bond acceptors (Lipinski definition) is 3. The molecule has 3 heteroatoms. The van der Waals surface area contributed by atoms with Crippen LogP contribution in [0.4, 0.5) is 0 Å². The van der Waals surface area contributed by atoms with Gasteiger partial charge in [0, 0.05) is 18.6 Å². The minimum Gasteiger partial charge on any atom is -0.497 e. The van der Waals surface area contributed by atoms with Crippen LogP contribution in [-0.2, 0) is 0 Å². The molecule has 2 N–H and O–H groups in total. The van der Waals surface area contributed by atoms with Crippen LogP contribution in [-0.4, -0.2) is 31.6 Å². The molecule has 0 spiro atoms. The normalized spacial score (nSPS) is 14.6. The maximum Gasteiger partial charge on any atom is 0.118 e. The van der Waals surface area contributed by atoms with Crippen LogP contribution in [0.2, 0.25) is 0 Å². The summed E-state index contributed by atoms with van der Waals surface area (Å²) in [5, 5.41) is 0. The zero-order valence-electron chi connectivity index (χ0n) is 12.0. The zero-order chi connectivity index (χ0) is 13.5. The molecule has 0 aliphatic carbocycles. The third-order valence-electron chi connectivity index (χ3n) is 3.62. The van der Waals surface area contributed by atoms with Crippen LogP contribution in [0, 0.1) is 0 Å². The Morgan fingerprint density at radius 3 is 2.33 bits per heavy atom. The van der Waals surface area contributed by atoms with Gasteiger partial charge in [0.15, 0.2) is 0 Å². The molecule has 102 valence electrons. The third-order valence-corrected chi connectivity index (χ3v) is 3.62. The highest BCUT2D eigenvalue weighted by molar-refractivity contribution is 5.29. The molecule has 0 bridgehead atoms. The molecule has 0 aromatic heterocycles. The van der Waals surface area contributed by atoms with Crippen molar-refractivity contribution in [2.24, 2.45) is 5.73 Å². The fourth-order valence-electron chi connectivity index (χ4n) is 2.29. The third kappa shape index (κ3) is 3.72. The largest absolute Gasteiger partial charge is 0.497 e. The highest BCUT2D eigenvalue weighted by Gasteiger charge is 2.19. The predicted octanol–water partition coefficient (Wildman–Crippen LogP) is 2.82. The first-order chi connectivity index (χ1) is 8.63. The first kappa shape index (κ1) is 15.0. The molecule has 0 heterocycles. The molecular weight excluding hydrogens is 224 g/mol.